The zero-order valence-electron chi connectivity index (χ0n) is 11.8. The molecular formula is C17H16FNO2. The van der Waals surface area contributed by atoms with Gasteiger partial charge in [-0.15, -0.1) is 0 Å². The summed E-state index contributed by atoms with van der Waals surface area (Å²) >= 11 is 0. The van der Waals surface area contributed by atoms with Crippen molar-refractivity contribution in [3.63, 3.8) is 0 Å². The van der Waals surface area contributed by atoms with Gasteiger partial charge in [0, 0.05) is 12.7 Å². The highest BCUT2D eigenvalue weighted by atomic mass is 19.1. The first-order valence-corrected chi connectivity index (χ1v) is 6.62. The fourth-order valence-electron chi connectivity index (χ4n) is 1.89. The fourth-order valence-corrected chi connectivity index (χ4v) is 1.89. The molecule has 2 aromatic rings. The highest BCUT2D eigenvalue weighted by molar-refractivity contribution is 5.34. The monoisotopic (exact) mass is 285 g/mol. The first-order chi connectivity index (χ1) is 10.2. The molecular weight excluding hydrogens is 269 g/mol. The molecule has 0 saturated carbocycles. The number of methoxy groups -OCH3 is 1. The molecule has 0 N–H and O–H groups in total. The fraction of sp³-hybridized carbons (Fsp3) is 0.235. The summed E-state index contributed by atoms with van der Waals surface area (Å²) in [6.45, 7) is 0.769. The number of rotatable bonds is 6. The zero-order valence-corrected chi connectivity index (χ0v) is 11.8. The number of nitrogens with zero attached hydrogens (tertiary/aromatic N) is 1. The maximum absolute atomic E-state index is 13.6. The first-order valence-electron chi connectivity index (χ1n) is 6.62. The summed E-state index contributed by atoms with van der Waals surface area (Å²) < 4.78 is 24.2. The minimum atomic E-state index is -0.370. The number of ether oxygens (including phenoxy) is 2. The van der Waals surface area contributed by atoms with Crippen molar-refractivity contribution in [1.29, 1.82) is 5.26 Å². The van der Waals surface area contributed by atoms with E-state index in [-0.39, 0.29) is 12.4 Å². The zero-order chi connectivity index (χ0) is 15.1. The summed E-state index contributed by atoms with van der Waals surface area (Å²) in [4.78, 5) is 0. The summed E-state index contributed by atoms with van der Waals surface area (Å²) in [7, 11) is 1.67. The molecule has 0 aliphatic rings. The molecule has 0 unspecified atom stereocenters. The molecule has 3 nitrogen and oxygen atoms in total. The Morgan fingerprint density at radius 2 is 1.90 bits per heavy atom. The van der Waals surface area contributed by atoms with Gasteiger partial charge in [-0.3, -0.25) is 0 Å². The third-order valence-electron chi connectivity index (χ3n) is 3.09. The highest BCUT2D eigenvalue weighted by Gasteiger charge is 2.05. The van der Waals surface area contributed by atoms with Crippen LogP contribution >= 0.6 is 0 Å². The minimum Gasteiger partial charge on any atom is -0.489 e. The van der Waals surface area contributed by atoms with E-state index in [9.17, 15) is 4.39 Å². The van der Waals surface area contributed by atoms with Gasteiger partial charge in [-0.1, -0.05) is 12.1 Å². The molecule has 0 atom stereocenters. The Kier molecular flexibility index (Phi) is 5.30. The van der Waals surface area contributed by atoms with Crippen LogP contribution in [0.25, 0.3) is 0 Å². The van der Waals surface area contributed by atoms with Crippen LogP contribution in [-0.4, -0.2) is 13.7 Å². The van der Waals surface area contributed by atoms with E-state index in [0.717, 1.165) is 12.0 Å². The van der Waals surface area contributed by atoms with Gasteiger partial charge in [-0.05, 0) is 42.3 Å². The maximum Gasteiger partial charge on any atom is 0.129 e. The third kappa shape index (κ3) is 4.30. The Balaban J connectivity index is 1.98. The van der Waals surface area contributed by atoms with Gasteiger partial charge in [0.15, 0.2) is 0 Å². The molecule has 0 aliphatic heterocycles. The van der Waals surface area contributed by atoms with Crippen molar-refractivity contribution in [2.24, 2.45) is 0 Å². The van der Waals surface area contributed by atoms with Gasteiger partial charge < -0.3 is 9.47 Å². The first kappa shape index (κ1) is 15.0. The molecule has 21 heavy (non-hydrogen) atoms. The van der Waals surface area contributed by atoms with Crippen LogP contribution in [-0.2, 0) is 17.8 Å². The number of nitriles is 1. The minimum absolute atomic E-state index is 0.0960. The molecule has 0 aliphatic carbocycles. The topological polar surface area (TPSA) is 42.2 Å². The number of benzene rings is 2. The van der Waals surface area contributed by atoms with E-state index in [4.69, 9.17) is 14.7 Å². The average molecular weight is 285 g/mol. The highest BCUT2D eigenvalue weighted by Crippen LogP contribution is 2.17. The largest absolute Gasteiger partial charge is 0.489 e. The van der Waals surface area contributed by atoms with E-state index >= 15 is 0 Å². The second kappa shape index (κ2) is 7.41. The smallest absolute Gasteiger partial charge is 0.129 e. The summed E-state index contributed by atoms with van der Waals surface area (Å²) in [6.07, 6.45) is 0.843. The van der Waals surface area contributed by atoms with Gasteiger partial charge in [0.25, 0.3) is 0 Å². The van der Waals surface area contributed by atoms with E-state index in [1.54, 1.807) is 7.11 Å². The number of hydrogen-bond acceptors (Lipinski definition) is 3. The molecule has 2 aromatic carbocycles. The van der Waals surface area contributed by atoms with Gasteiger partial charge in [-0.25, -0.2) is 4.39 Å². The Hall–Kier alpha value is -2.38. The molecule has 0 fully saturated rings. The van der Waals surface area contributed by atoms with Crippen molar-refractivity contribution in [2.75, 3.05) is 13.7 Å². The average Bonchev–Trinajstić information content (AvgIpc) is 2.53. The van der Waals surface area contributed by atoms with Gasteiger partial charge in [0.1, 0.15) is 18.2 Å². The lowest BCUT2D eigenvalue weighted by Crippen LogP contribution is -2.00. The second-order valence-electron chi connectivity index (χ2n) is 4.59. The van der Waals surface area contributed by atoms with E-state index in [0.29, 0.717) is 23.5 Å². The quantitative estimate of drug-likeness (QED) is 0.816. The van der Waals surface area contributed by atoms with E-state index < -0.39 is 0 Å². The Bertz CT molecular complexity index is 632. The Labute approximate surface area is 123 Å². The summed E-state index contributed by atoms with van der Waals surface area (Å²) in [5.74, 6) is 0.295. The lowest BCUT2D eigenvalue weighted by Gasteiger charge is -2.08. The van der Waals surface area contributed by atoms with Crippen molar-refractivity contribution in [2.45, 2.75) is 13.0 Å². The summed E-state index contributed by atoms with van der Waals surface area (Å²) in [6, 6.07) is 13.8. The Morgan fingerprint density at radius 3 is 2.57 bits per heavy atom. The normalized spacial score (nSPS) is 10.1. The van der Waals surface area contributed by atoms with Crippen LogP contribution in [0.2, 0.25) is 0 Å². The molecule has 108 valence electrons. The van der Waals surface area contributed by atoms with Crippen molar-refractivity contribution >= 4 is 0 Å². The molecule has 2 rings (SSSR count). The van der Waals surface area contributed by atoms with Gasteiger partial charge in [0.2, 0.25) is 0 Å². The van der Waals surface area contributed by atoms with Crippen molar-refractivity contribution in [3.05, 3.63) is 65.0 Å². The van der Waals surface area contributed by atoms with Crippen LogP contribution in [0.5, 0.6) is 5.75 Å². The van der Waals surface area contributed by atoms with E-state index in [1.807, 2.05) is 30.3 Å². The van der Waals surface area contributed by atoms with E-state index in [1.165, 1.54) is 18.2 Å². The third-order valence-corrected chi connectivity index (χ3v) is 3.09. The summed E-state index contributed by atoms with van der Waals surface area (Å²) in [5.41, 5.74) is 1.95. The predicted octanol–water partition coefficient (Wildman–Crippen LogP) is 3.47. The van der Waals surface area contributed by atoms with Crippen LogP contribution in [0.1, 0.15) is 16.7 Å². The number of halogens is 1. The van der Waals surface area contributed by atoms with Crippen molar-refractivity contribution in [3.8, 4) is 11.8 Å². The van der Waals surface area contributed by atoms with Gasteiger partial charge >= 0.3 is 0 Å². The van der Waals surface area contributed by atoms with Crippen LogP contribution in [0.3, 0.4) is 0 Å². The standard InChI is InChI=1S/C17H16FNO2/c1-20-9-8-13-2-5-16(6-3-13)21-12-15-10-14(11-19)4-7-17(15)18/h2-7,10H,8-9,12H2,1H3. The Morgan fingerprint density at radius 1 is 1.14 bits per heavy atom. The predicted molar refractivity (Wildman–Crippen MR) is 77.5 cm³/mol. The molecule has 0 bridgehead atoms. The molecule has 4 heteroatoms. The molecule has 0 aromatic heterocycles. The molecule has 0 amide bonds. The van der Waals surface area contributed by atoms with Crippen molar-refractivity contribution < 1.29 is 13.9 Å². The molecule has 0 saturated heterocycles. The van der Waals surface area contributed by atoms with Crippen molar-refractivity contribution in [1.82, 2.24) is 0 Å². The van der Waals surface area contributed by atoms with Crippen LogP contribution in [0, 0.1) is 17.1 Å². The lowest BCUT2D eigenvalue weighted by molar-refractivity contribution is 0.202. The lowest BCUT2D eigenvalue weighted by atomic mass is 10.1. The van der Waals surface area contributed by atoms with Crippen LogP contribution in [0.15, 0.2) is 42.5 Å². The summed E-state index contributed by atoms with van der Waals surface area (Å²) in [5, 5.41) is 8.82. The molecule has 0 heterocycles. The number of hydrogen-bond donors (Lipinski definition) is 0. The SMILES string of the molecule is COCCc1ccc(OCc2cc(C#N)ccc2F)cc1. The maximum atomic E-state index is 13.6. The van der Waals surface area contributed by atoms with Gasteiger partial charge in [-0.2, -0.15) is 5.26 Å². The molecule has 0 spiro atoms. The molecule has 0 radical (unpaired) electrons. The van der Waals surface area contributed by atoms with Crippen LogP contribution < -0.4 is 4.74 Å². The second-order valence-corrected chi connectivity index (χ2v) is 4.59. The van der Waals surface area contributed by atoms with Crippen LogP contribution in [0.4, 0.5) is 4.39 Å². The van der Waals surface area contributed by atoms with Gasteiger partial charge in [0.05, 0.1) is 18.2 Å². The van der Waals surface area contributed by atoms with E-state index in [2.05, 4.69) is 0 Å².